The zero-order chi connectivity index (χ0) is 13.7. The molecule has 0 saturated carbocycles. The molecule has 0 fully saturated rings. The van der Waals surface area contributed by atoms with Crippen LogP contribution in [0.15, 0.2) is 24.3 Å². The van der Waals surface area contributed by atoms with Gasteiger partial charge in [-0.2, -0.15) is 0 Å². The van der Waals surface area contributed by atoms with E-state index in [-0.39, 0.29) is 11.8 Å². The number of amides is 1. The number of nitrogens with zero attached hydrogens (tertiary/aromatic N) is 1. The lowest BCUT2D eigenvalue weighted by molar-refractivity contribution is -0.134. The number of likely N-dealkylation sites (N-methyl/N-ethyl adjacent to an activating group) is 1. The maximum atomic E-state index is 12.2. The van der Waals surface area contributed by atoms with E-state index < -0.39 is 6.04 Å². The number of rotatable bonds is 5. The van der Waals surface area contributed by atoms with Crippen molar-refractivity contribution in [3.63, 3.8) is 0 Å². The smallest absolute Gasteiger partial charge is 0.240 e. The minimum atomic E-state index is -0.433. The van der Waals surface area contributed by atoms with E-state index in [9.17, 15) is 4.79 Å². The highest BCUT2D eigenvalue weighted by Crippen LogP contribution is 2.13. The summed E-state index contributed by atoms with van der Waals surface area (Å²) in [6, 6.07) is 7.09. The van der Waals surface area contributed by atoms with Gasteiger partial charge in [0.2, 0.25) is 5.91 Å². The van der Waals surface area contributed by atoms with Gasteiger partial charge in [0, 0.05) is 18.1 Å². The van der Waals surface area contributed by atoms with Gasteiger partial charge in [0.05, 0.1) is 6.04 Å². The first kappa shape index (κ1) is 15.0. The van der Waals surface area contributed by atoms with Crippen LogP contribution in [0, 0.1) is 5.92 Å². The predicted octanol–water partition coefficient (Wildman–Crippen LogP) is 2.67. The van der Waals surface area contributed by atoms with Gasteiger partial charge in [-0.05, 0) is 30.5 Å². The fraction of sp³-hybridized carbons (Fsp3) is 0.500. The Hall–Kier alpha value is -1.06. The molecule has 1 rings (SSSR count). The van der Waals surface area contributed by atoms with Gasteiger partial charge in [-0.3, -0.25) is 4.79 Å². The van der Waals surface area contributed by atoms with Crippen LogP contribution in [-0.4, -0.2) is 23.4 Å². The molecule has 1 aromatic carbocycles. The quantitative estimate of drug-likeness (QED) is 0.892. The van der Waals surface area contributed by atoms with Crippen molar-refractivity contribution in [3.05, 3.63) is 34.9 Å². The van der Waals surface area contributed by atoms with Crippen LogP contribution in [-0.2, 0) is 11.3 Å². The minimum Gasteiger partial charge on any atom is -0.337 e. The van der Waals surface area contributed by atoms with Gasteiger partial charge in [-0.15, -0.1) is 0 Å². The van der Waals surface area contributed by atoms with Crippen molar-refractivity contribution < 1.29 is 4.79 Å². The van der Waals surface area contributed by atoms with Gasteiger partial charge in [-0.25, -0.2) is 0 Å². The van der Waals surface area contributed by atoms with Crippen molar-refractivity contribution in [2.75, 3.05) is 6.54 Å². The Morgan fingerprint density at radius 3 is 2.33 bits per heavy atom. The summed E-state index contributed by atoms with van der Waals surface area (Å²) in [5, 5.41) is 0.701. The number of halogens is 1. The van der Waals surface area contributed by atoms with Crippen LogP contribution in [0.1, 0.15) is 26.3 Å². The van der Waals surface area contributed by atoms with E-state index in [1.807, 2.05) is 45.0 Å². The van der Waals surface area contributed by atoms with Crippen LogP contribution in [0.25, 0.3) is 0 Å². The van der Waals surface area contributed by atoms with Gasteiger partial charge in [0.15, 0.2) is 0 Å². The normalized spacial score (nSPS) is 12.6. The standard InChI is InChI=1S/C14H21ClN2O/c1-4-17(14(18)13(16)10(2)3)9-11-5-7-12(15)8-6-11/h5-8,10,13H,4,9,16H2,1-3H3. The van der Waals surface area contributed by atoms with E-state index in [0.717, 1.165) is 5.56 Å². The third-order valence-electron chi connectivity index (χ3n) is 2.98. The monoisotopic (exact) mass is 268 g/mol. The summed E-state index contributed by atoms with van der Waals surface area (Å²) in [7, 11) is 0. The first-order valence-corrected chi connectivity index (χ1v) is 6.62. The number of nitrogens with two attached hydrogens (primary N) is 1. The van der Waals surface area contributed by atoms with Crippen molar-refractivity contribution in [1.29, 1.82) is 0 Å². The number of hydrogen-bond acceptors (Lipinski definition) is 2. The summed E-state index contributed by atoms with van der Waals surface area (Å²) in [6.45, 7) is 7.10. The third-order valence-corrected chi connectivity index (χ3v) is 3.24. The van der Waals surface area contributed by atoms with Crippen LogP contribution in [0.4, 0.5) is 0 Å². The maximum Gasteiger partial charge on any atom is 0.240 e. The predicted molar refractivity (Wildman–Crippen MR) is 75.4 cm³/mol. The largest absolute Gasteiger partial charge is 0.337 e. The van der Waals surface area contributed by atoms with Crippen LogP contribution in [0.5, 0.6) is 0 Å². The first-order chi connectivity index (χ1) is 8.45. The van der Waals surface area contributed by atoms with Gasteiger partial charge in [0.1, 0.15) is 0 Å². The van der Waals surface area contributed by atoms with Gasteiger partial charge >= 0.3 is 0 Å². The van der Waals surface area contributed by atoms with Gasteiger partial charge < -0.3 is 10.6 Å². The van der Waals surface area contributed by atoms with E-state index >= 15 is 0 Å². The Labute approximate surface area is 114 Å². The van der Waals surface area contributed by atoms with Crippen molar-refractivity contribution in [2.24, 2.45) is 11.7 Å². The molecule has 2 N–H and O–H groups in total. The molecule has 0 aliphatic heterocycles. The lowest BCUT2D eigenvalue weighted by Gasteiger charge is -2.26. The highest BCUT2D eigenvalue weighted by molar-refractivity contribution is 6.30. The van der Waals surface area contributed by atoms with E-state index in [4.69, 9.17) is 17.3 Å². The number of carbonyl (C=O) groups excluding carboxylic acids is 1. The molecule has 18 heavy (non-hydrogen) atoms. The van der Waals surface area contributed by atoms with Crippen molar-refractivity contribution >= 4 is 17.5 Å². The van der Waals surface area contributed by atoms with Crippen molar-refractivity contribution in [3.8, 4) is 0 Å². The molecule has 0 aliphatic carbocycles. The molecule has 0 heterocycles. The Bertz CT molecular complexity index is 389. The zero-order valence-corrected chi connectivity index (χ0v) is 11.9. The Morgan fingerprint density at radius 2 is 1.89 bits per heavy atom. The second-order valence-electron chi connectivity index (χ2n) is 4.75. The fourth-order valence-electron chi connectivity index (χ4n) is 1.65. The van der Waals surface area contributed by atoms with Gasteiger partial charge in [-0.1, -0.05) is 37.6 Å². The molecule has 0 bridgehead atoms. The molecule has 1 amide bonds. The molecular formula is C14H21ClN2O. The number of hydrogen-bond donors (Lipinski definition) is 1. The summed E-state index contributed by atoms with van der Waals surface area (Å²) in [5.41, 5.74) is 6.96. The fourth-order valence-corrected chi connectivity index (χ4v) is 1.78. The van der Waals surface area contributed by atoms with Crippen molar-refractivity contribution in [2.45, 2.75) is 33.4 Å². The highest BCUT2D eigenvalue weighted by Gasteiger charge is 2.22. The molecule has 0 spiro atoms. The SMILES string of the molecule is CCN(Cc1ccc(Cl)cc1)C(=O)C(N)C(C)C. The molecule has 0 radical (unpaired) electrons. The average molecular weight is 269 g/mol. The van der Waals surface area contributed by atoms with Crippen LogP contribution in [0.3, 0.4) is 0 Å². The van der Waals surface area contributed by atoms with E-state index in [1.54, 1.807) is 4.90 Å². The average Bonchev–Trinajstić information content (AvgIpc) is 2.36. The number of carbonyl (C=O) groups is 1. The summed E-state index contributed by atoms with van der Waals surface area (Å²) in [5.74, 6) is 0.152. The second-order valence-corrected chi connectivity index (χ2v) is 5.19. The molecule has 0 aromatic heterocycles. The molecule has 100 valence electrons. The van der Waals surface area contributed by atoms with E-state index in [2.05, 4.69) is 0 Å². The lowest BCUT2D eigenvalue weighted by atomic mass is 10.0. The summed E-state index contributed by atoms with van der Waals surface area (Å²) in [6.07, 6.45) is 0. The summed E-state index contributed by atoms with van der Waals surface area (Å²) in [4.78, 5) is 13.9. The maximum absolute atomic E-state index is 12.2. The van der Waals surface area contributed by atoms with E-state index in [0.29, 0.717) is 18.1 Å². The minimum absolute atomic E-state index is 0.00227. The Balaban J connectivity index is 2.72. The second kappa shape index (κ2) is 6.76. The van der Waals surface area contributed by atoms with Crippen LogP contribution in [0.2, 0.25) is 5.02 Å². The molecule has 0 saturated heterocycles. The first-order valence-electron chi connectivity index (χ1n) is 6.24. The molecule has 1 atom stereocenters. The summed E-state index contributed by atoms with van der Waals surface area (Å²) >= 11 is 5.84. The van der Waals surface area contributed by atoms with Gasteiger partial charge in [0.25, 0.3) is 0 Å². The van der Waals surface area contributed by atoms with Crippen LogP contribution >= 0.6 is 11.6 Å². The zero-order valence-electron chi connectivity index (χ0n) is 11.2. The Kier molecular flexibility index (Phi) is 5.63. The molecule has 1 unspecified atom stereocenters. The van der Waals surface area contributed by atoms with E-state index in [1.165, 1.54) is 0 Å². The molecule has 0 aliphatic rings. The van der Waals surface area contributed by atoms with Crippen molar-refractivity contribution in [1.82, 2.24) is 4.90 Å². The Morgan fingerprint density at radius 1 is 1.33 bits per heavy atom. The van der Waals surface area contributed by atoms with Crippen LogP contribution < -0.4 is 5.73 Å². The molecular weight excluding hydrogens is 248 g/mol. The molecule has 4 heteroatoms. The topological polar surface area (TPSA) is 46.3 Å². The number of benzene rings is 1. The highest BCUT2D eigenvalue weighted by atomic mass is 35.5. The molecule has 3 nitrogen and oxygen atoms in total. The molecule has 1 aromatic rings. The summed E-state index contributed by atoms with van der Waals surface area (Å²) < 4.78 is 0. The lowest BCUT2D eigenvalue weighted by Crippen LogP contribution is -2.46. The third kappa shape index (κ3) is 4.00.